The average Bonchev–Trinajstić information content (AvgIpc) is 3.22. The molecular formula is C18H13N3O2S. The Hall–Kier alpha value is -3.12. The molecule has 118 valence electrons. The number of nitrogens with zero attached hydrogens (tertiary/aromatic N) is 1. The molecule has 0 aliphatic heterocycles. The molecule has 5 nitrogen and oxygen atoms in total. The molecule has 0 fully saturated rings. The zero-order chi connectivity index (χ0) is 16.4. The Morgan fingerprint density at radius 2 is 1.75 bits per heavy atom. The summed E-state index contributed by atoms with van der Waals surface area (Å²) in [5.41, 5.74) is 4.40. The fraction of sp³-hybridized carbons (Fsp3) is 0. The summed E-state index contributed by atoms with van der Waals surface area (Å²) in [6, 6.07) is 20.8. The third-order valence-corrected chi connectivity index (χ3v) is 4.57. The molecule has 0 aliphatic rings. The first-order valence-electron chi connectivity index (χ1n) is 7.37. The molecule has 4 rings (SSSR count). The van der Waals surface area contributed by atoms with Gasteiger partial charge in [0, 0.05) is 10.9 Å². The number of nitrogens with one attached hydrogen (secondary N) is 2. The van der Waals surface area contributed by atoms with Gasteiger partial charge in [-0.25, -0.2) is 0 Å². The number of rotatable bonds is 4. The largest absolute Gasteiger partial charge is 0.379 e. The van der Waals surface area contributed by atoms with Gasteiger partial charge in [0.25, 0.3) is 5.91 Å². The number of hydrogen-bond donors (Lipinski definition) is 2. The second-order valence-electron chi connectivity index (χ2n) is 5.14. The van der Waals surface area contributed by atoms with Crippen LogP contribution in [0.5, 0.6) is 5.75 Å². The highest BCUT2D eigenvalue weighted by Gasteiger charge is 2.16. The van der Waals surface area contributed by atoms with Gasteiger partial charge in [-0.3, -0.25) is 9.89 Å². The maximum atomic E-state index is 12.3. The van der Waals surface area contributed by atoms with Crippen LogP contribution >= 0.6 is 11.3 Å². The minimum Gasteiger partial charge on any atom is -0.379 e. The zero-order valence-corrected chi connectivity index (χ0v) is 13.3. The van der Waals surface area contributed by atoms with Gasteiger partial charge in [-0.15, -0.1) is 11.3 Å². The zero-order valence-electron chi connectivity index (χ0n) is 12.5. The molecule has 6 heteroatoms. The van der Waals surface area contributed by atoms with Gasteiger partial charge in [0.2, 0.25) is 0 Å². The quantitative estimate of drug-likeness (QED) is 0.554. The molecule has 1 amide bonds. The van der Waals surface area contributed by atoms with E-state index in [1.807, 2.05) is 54.6 Å². The van der Waals surface area contributed by atoms with Gasteiger partial charge >= 0.3 is 0 Å². The van der Waals surface area contributed by atoms with Gasteiger partial charge in [-0.1, -0.05) is 48.5 Å². The van der Waals surface area contributed by atoms with E-state index in [0.29, 0.717) is 10.6 Å². The monoisotopic (exact) mass is 335 g/mol. The summed E-state index contributed by atoms with van der Waals surface area (Å²) in [5, 5.41) is 8.25. The van der Waals surface area contributed by atoms with Crippen LogP contribution in [0.25, 0.3) is 21.5 Å². The van der Waals surface area contributed by atoms with Crippen LogP contribution in [0.2, 0.25) is 0 Å². The average molecular weight is 335 g/mol. The fourth-order valence-electron chi connectivity index (χ4n) is 2.39. The highest BCUT2D eigenvalue weighted by atomic mass is 32.1. The predicted octanol–water partition coefficient (Wildman–Crippen LogP) is 4.02. The van der Waals surface area contributed by atoms with Gasteiger partial charge in [0.1, 0.15) is 4.83 Å². The van der Waals surface area contributed by atoms with Gasteiger partial charge in [-0.05, 0) is 18.2 Å². The van der Waals surface area contributed by atoms with Gasteiger partial charge in [-0.2, -0.15) is 10.6 Å². The van der Waals surface area contributed by atoms with Gasteiger partial charge < -0.3 is 4.84 Å². The van der Waals surface area contributed by atoms with E-state index in [1.54, 1.807) is 12.1 Å². The minimum absolute atomic E-state index is 0.291. The molecule has 2 N–H and O–H groups in total. The highest BCUT2D eigenvalue weighted by Crippen LogP contribution is 2.32. The van der Waals surface area contributed by atoms with Crippen molar-refractivity contribution in [2.24, 2.45) is 0 Å². The Kier molecular flexibility index (Phi) is 3.72. The maximum absolute atomic E-state index is 12.3. The van der Waals surface area contributed by atoms with E-state index in [0.717, 1.165) is 21.5 Å². The number of thiophene rings is 1. The van der Waals surface area contributed by atoms with Crippen LogP contribution < -0.4 is 10.3 Å². The van der Waals surface area contributed by atoms with Crippen molar-refractivity contribution in [1.82, 2.24) is 15.7 Å². The topological polar surface area (TPSA) is 67.0 Å². The Labute approximate surface area is 141 Å². The van der Waals surface area contributed by atoms with Crippen LogP contribution in [0.1, 0.15) is 9.67 Å². The van der Waals surface area contributed by atoms with Gasteiger partial charge in [0.05, 0.1) is 10.6 Å². The molecule has 0 unspecified atom stereocenters. The second-order valence-corrected chi connectivity index (χ2v) is 6.17. The lowest BCUT2D eigenvalue weighted by atomic mass is 10.1. The normalized spacial score (nSPS) is 10.7. The van der Waals surface area contributed by atoms with Crippen molar-refractivity contribution in [3.63, 3.8) is 0 Å². The number of hydrogen-bond acceptors (Lipinski definition) is 4. The molecule has 0 saturated carbocycles. The maximum Gasteiger partial charge on any atom is 0.294 e. The van der Waals surface area contributed by atoms with Crippen molar-refractivity contribution >= 4 is 27.5 Å². The smallest absolute Gasteiger partial charge is 0.294 e. The Balaban J connectivity index is 1.57. The highest BCUT2D eigenvalue weighted by molar-refractivity contribution is 7.20. The summed E-state index contributed by atoms with van der Waals surface area (Å²) in [7, 11) is 0. The molecular weight excluding hydrogens is 322 g/mol. The molecule has 4 aromatic rings. The first-order valence-corrected chi connectivity index (χ1v) is 8.18. The first kappa shape index (κ1) is 14.5. The van der Waals surface area contributed by atoms with Crippen LogP contribution in [0.4, 0.5) is 0 Å². The summed E-state index contributed by atoms with van der Waals surface area (Å²) in [4.78, 5) is 18.9. The third kappa shape index (κ3) is 2.75. The Morgan fingerprint density at radius 1 is 1.04 bits per heavy atom. The molecule has 2 aromatic heterocycles. The summed E-state index contributed by atoms with van der Waals surface area (Å²) in [5.74, 6) is 0.290. The van der Waals surface area contributed by atoms with E-state index < -0.39 is 0 Å². The van der Waals surface area contributed by atoms with Crippen molar-refractivity contribution in [3.05, 3.63) is 71.6 Å². The first-order chi connectivity index (χ1) is 11.8. The molecule has 2 heterocycles. The number of carbonyl (C=O) groups is 1. The SMILES string of the molecule is O=C(NOc1ccccc1)c1cc2c(-c3ccccc3)[nH]nc2s1. The number of hydroxylamine groups is 1. The van der Waals surface area contributed by atoms with E-state index >= 15 is 0 Å². The number of aromatic amines is 1. The fourth-order valence-corrected chi connectivity index (χ4v) is 3.27. The van der Waals surface area contributed by atoms with Crippen LogP contribution in [-0.4, -0.2) is 16.1 Å². The molecule has 0 radical (unpaired) electrons. The molecule has 0 saturated heterocycles. The predicted molar refractivity (Wildman–Crippen MR) is 93.9 cm³/mol. The van der Waals surface area contributed by atoms with Crippen molar-refractivity contribution in [3.8, 4) is 17.0 Å². The molecule has 2 aromatic carbocycles. The standard InChI is InChI=1S/C18H13N3O2S/c22-17(21-23-13-9-5-2-6-10-13)15-11-14-16(19-20-18(14)24-15)12-7-3-1-4-8-12/h1-11H,(H,19,20)(H,21,22). The lowest BCUT2D eigenvalue weighted by Crippen LogP contribution is -2.26. The van der Waals surface area contributed by atoms with Crippen LogP contribution in [0.3, 0.4) is 0 Å². The lowest BCUT2D eigenvalue weighted by Gasteiger charge is -2.04. The van der Waals surface area contributed by atoms with Crippen molar-refractivity contribution in [1.29, 1.82) is 0 Å². The summed E-state index contributed by atoms with van der Waals surface area (Å²) in [6.45, 7) is 0. The van der Waals surface area contributed by atoms with Crippen molar-refractivity contribution in [2.75, 3.05) is 0 Å². The van der Waals surface area contributed by atoms with E-state index in [9.17, 15) is 4.79 Å². The van der Waals surface area contributed by atoms with E-state index in [1.165, 1.54) is 11.3 Å². The third-order valence-electron chi connectivity index (χ3n) is 3.54. The van der Waals surface area contributed by atoms with Crippen molar-refractivity contribution in [2.45, 2.75) is 0 Å². The second kappa shape index (κ2) is 6.17. The number of fused-ring (bicyclic) bond motifs is 1. The number of carbonyl (C=O) groups excluding carboxylic acids is 1. The number of amides is 1. The number of benzene rings is 2. The van der Waals surface area contributed by atoms with Crippen LogP contribution in [0, 0.1) is 0 Å². The lowest BCUT2D eigenvalue weighted by molar-refractivity contribution is 0.0764. The Morgan fingerprint density at radius 3 is 2.50 bits per heavy atom. The van der Waals surface area contributed by atoms with E-state index in [4.69, 9.17) is 4.84 Å². The molecule has 0 spiro atoms. The summed E-state index contributed by atoms with van der Waals surface area (Å²) >= 11 is 1.32. The molecule has 0 aliphatic carbocycles. The van der Waals surface area contributed by atoms with Crippen molar-refractivity contribution < 1.29 is 9.63 Å². The summed E-state index contributed by atoms with van der Waals surface area (Å²) < 4.78 is 0. The molecule has 24 heavy (non-hydrogen) atoms. The van der Waals surface area contributed by atoms with E-state index in [-0.39, 0.29) is 5.91 Å². The number of H-pyrrole nitrogens is 1. The minimum atomic E-state index is -0.291. The molecule has 0 bridgehead atoms. The number of para-hydroxylation sites is 1. The van der Waals surface area contributed by atoms with Crippen LogP contribution in [-0.2, 0) is 0 Å². The van der Waals surface area contributed by atoms with Gasteiger partial charge in [0.15, 0.2) is 5.75 Å². The Bertz CT molecular complexity index is 977. The number of aromatic nitrogens is 2. The molecule has 0 atom stereocenters. The van der Waals surface area contributed by atoms with Crippen LogP contribution in [0.15, 0.2) is 66.7 Å². The summed E-state index contributed by atoms with van der Waals surface area (Å²) in [6.07, 6.45) is 0. The van der Waals surface area contributed by atoms with E-state index in [2.05, 4.69) is 15.7 Å².